The minimum atomic E-state index is 0.560. The van der Waals surface area contributed by atoms with Crippen LogP contribution < -0.4 is 10.6 Å². The average Bonchev–Trinajstić information content (AvgIpc) is 3.35. The van der Waals surface area contributed by atoms with E-state index < -0.39 is 0 Å². The van der Waals surface area contributed by atoms with Crippen LogP contribution in [0.5, 0.6) is 0 Å². The number of hydrogen-bond donors (Lipinski definition) is 2. The molecule has 29 heavy (non-hydrogen) atoms. The van der Waals surface area contributed by atoms with Crippen molar-refractivity contribution in [2.24, 2.45) is 4.99 Å². The lowest BCUT2D eigenvalue weighted by atomic mass is 10.1. The molecule has 0 aliphatic carbocycles. The first kappa shape index (κ1) is 21.0. The zero-order valence-corrected chi connectivity index (χ0v) is 18.1. The molecular formula is C22H30N6S. The van der Waals surface area contributed by atoms with E-state index in [1.165, 1.54) is 10.4 Å². The van der Waals surface area contributed by atoms with Gasteiger partial charge in [0, 0.05) is 49.5 Å². The van der Waals surface area contributed by atoms with Crippen LogP contribution in [0.25, 0.3) is 0 Å². The van der Waals surface area contributed by atoms with E-state index in [0.29, 0.717) is 6.54 Å². The fourth-order valence-corrected chi connectivity index (χ4v) is 3.88. The molecule has 7 heteroatoms. The highest BCUT2D eigenvalue weighted by Crippen LogP contribution is 2.11. The lowest BCUT2D eigenvalue weighted by molar-refractivity contribution is 0.610. The Morgan fingerprint density at radius 2 is 2.00 bits per heavy atom. The highest BCUT2D eigenvalue weighted by atomic mass is 32.1. The third kappa shape index (κ3) is 7.02. The summed E-state index contributed by atoms with van der Waals surface area (Å²) < 4.78 is 2.20. The molecule has 3 rings (SSSR count). The molecule has 0 aliphatic heterocycles. The predicted octanol–water partition coefficient (Wildman–Crippen LogP) is 3.58. The van der Waals surface area contributed by atoms with Gasteiger partial charge in [-0.2, -0.15) is 0 Å². The molecule has 0 bridgehead atoms. The van der Waals surface area contributed by atoms with E-state index in [2.05, 4.69) is 69.3 Å². The number of aromatic nitrogens is 3. The van der Waals surface area contributed by atoms with Gasteiger partial charge in [0.05, 0.1) is 5.01 Å². The Hall–Kier alpha value is -2.67. The van der Waals surface area contributed by atoms with Gasteiger partial charge >= 0.3 is 0 Å². The molecule has 0 saturated heterocycles. The molecule has 0 spiro atoms. The zero-order chi connectivity index (χ0) is 20.3. The first-order valence-corrected chi connectivity index (χ1v) is 11.0. The standard InChI is InChI=1S/C22H30N6S/c1-3-23-22(25-12-11-21-26-16-18(2)29-21)27-17-20-24-13-15-28(20)14-7-10-19-8-5-4-6-9-19/h4-6,8-9,13,15-16H,3,7,10-12,14,17H2,1-2H3,(H2,23,25,27). The third-order valence-electron chi connectivity index (χ3n) is 4.53. The Balaban J connectivity index is 1.49. The van der Waals surface area contributed by atoms with Gasteiger partial charge in [0.15, 0.2) is 5.96 Å². The van der Waals surface area contributed by atoms with E-state index >= 15 is 0 Å². The molecule has 0 fully saturated rings. The lowest BCUT2D eigenvalue weighted by Gasteiger charge is -2.11. The van der Waals surface area contributed by atoms with Crippen LogP contribution in [0.4, 0.5) is 0 Å². The second-order valence-corrected chi connectivity index (χ2v) is 8.18. The van der Waals surface area contributed by atoms with Crippen LogP contribution in [0.1, 0.15) is 34.6 Å². The summed E-state index contributed by atoms with van der Waals surface area (Å²) in [7, 11) is 0. The van der Waals surface area contributed by atoms with Gasteiger partial charge in [-0.25, -0.2) is 15.0 Å². The van der Waals surface area contributed by atoms with Crippen molar-refractivity contribution >= 4 is 17.3 Å². The molecule has 0 unspecified atom stereocenters. The highest BCUT2D eigenvalue weighted by molar-refractivity contribution is 7.11. The molecular weight excluding hydrogens is 380 g/mol. The molecule has 0 atom stereocenters. The van der Waals surface area contributed by atoms with Crippen LogP contribution in [0.3, 0.4) is 0 Å². The van der Waals surface area contributed by atoms with Crippen molar-refractivity contribution in [3.63, 3.8) is 0 Å². The molecule has 2 heterocycles. The van der Waals surface area contributed by atoms with Gasteiger partial charge < -0.3 is 15.2 Å². The van der Waals surface area contributed by atoms with E-state index in [1.54, 1.807) is 11.3 Å². The van der Waals surface area contributed by atoms with Crippen LogP contribution in [-0.4, -0.2) is 33.6 Å². The van der Waals surface area contributed by atoms with Crippen molar-refractivity contribution in [3.8, 4) is 0 Å². The maximum absolute atomic E-state index is 4.71. The monoisotopic (exact) mass is 410 g/mol. The largest absolute Gasteiger partial charge is 0.357 e. The summed E-state index contributed by atoms with van der Waals surface area (Å²) in [5.41, 5.74) is 1.38. The molecule has 1 aromatic carbocycles. The Bertz CT molecular complexity index is 884. The summed E-state index contributed by atoms with van der Waals surface area (Å²) in [6, 6.07) is 10.6. The molecule has 6 nitrogen and oxygen atoms in total. The van der Waals surface area contributed by atoms with Crippen LogP contribution in [-0.2, 0) is 25.9 Å². The summed E-state index contributed by atoms with van der Waals surface area (Å²) in [6.45, 7) is 7.31. The topological polar surface area (TPSA) is 67.1 Å². The Morgan fingerprint density at radius 3 is 2.76 bits per heavy atom. The fourth-order valence-electron chi connectivity index (χ4n) is 3.09. The number of guanidine groups is 1. The maximum atomic E-state index is 4.71. The number of aliphatic imine (C=N–C) groups is 1. The van der Waals surface area contributed by atoms with Gasteiger partial charge in [-0.3, -0.25) is 0 Å². The van der Waals surface area contributed by atoms with E-state index in [4.69, 9.17) is 4.99 Å². The number of aryl methyl sites for hydroxylation is 3. The van der Waals surface area contributed by atoms with Gasteiger partial charge in [-0.05, 0) is 32.3 Å². The van der Waals surface area contributed by atoms with Crippen LogP contribution in [0.2, 0.25) is 0 Å². The smallest absolute Gasteiger partial charge is 0.191 e. The van der Waals surface area contributed by atoms with Gasteiger partial charge in [-0.15, -0.1) is 11.3 Å². The van der Waals surface area contributed by atoms with E-state index in [9.17, 15) is 0 Å². The number of hydrogen-bond acceptors (Lipinski definition) is 4. The van der Waals surface area contributed by atoms with Crippen molar-refractivity contribution in [1.29, 1.82) is 0 Å². The Kier molecular flexibility index (Phi) is 8.25. The lowest BCUT2D eigenvalue weighted by Crippen LogP contribution is -2.38. The molecule has 0 amide bonds. The summed E-state index contributed by atoms with van der Waals surface area (Å²) >= 11 is 1.75. The normalized spacial score (nSPS) is 11.6. The van der Waals surface area contributed by atoms with Crippen LogP contribution in [0.15, 0.2) is 53.9 Å². The summed E-state index contributed by atoms with van der Waals surface area (Å²) in [6.07, 6.45) is 8.89. The maximum Gasteiger partial charge on any atom is 0.191 e. The minimum Gasteiger partial charge on any atom is -0.357 e. The summed E-state index contributed by atoms with van der Waals surface area (Å²) in [5, 5.41) is 7.85. The molecule has 0 radical (unpaired) electrons. The van der Waals surface area contributed by atoms with E-state index in [-0.39, 0.29) is 0 Å². The molecule has 3 aromatic rings. The van der Waals surface area contributed by atoms with Crippen molar-refractivity contribution in [3.05, 3.63) is 70.2 Å². The second kappa shape index (κ2) is 11.4. The number of imidazole rings is 1. The van der Waals surface area contributed by atoms with Gasteiger partial charge in [0.1, 0.15) is 12.4 Å². The van der Waals surface area contributed by atoms with Crippen molar-refractivity contribution < 1.29 is 0 Å². The average molecular weight is 411 g/mol. The molecule has 154 valence electrons. The van der Waals surface area contributed by atoms with Gasteiger partial charge in [0.2, 0.25) is 0 Å². The van der Waals surface area contributed by atoms with Gasteiger partial charge in [-0.1, -0.05) is 30.3 Å². The first-order valence-electron chi connectivity index (χ1n) is 10.2. The molecule has 2 aromatic heterocycles. The zero-order valence-electron chi connectivity index (χ0n) is 17.3. The quantitative estimate of drug-likeness (QED) is 0.396. The van der Waals surface area contributed by atoms with Crippen LogP contribution in [0, 0.1) is 6.92 Å². The molecule has 0 aliphatic rings. The van der Waals surface area contributed by atoms with Crippen molar-refractivity contribution in [2.75, 3.05) is 13.1 Å². The first-order chi connectivity index (χ1) is 14.2. The summed E-state index contributed by atoms with van der Waals surface area (Å²) in [4.78, 5) is 14.9. The van der Waals surface area contributed by atoms with E-state index in [0.717, 1.165) is 55.7 Å². The fraction of sp³-hybridized carbons (Fsp3) is 0.409. The predicted molar refractivity (Wildman–Crippen MR) is 120 cm³/mol. The number of rotatable bonds is 10. The van der Waals surface area contributed by atoms with Crippen LogP contribution >= 0.6 is 11.3 Å². The Labute approximate surface area is 177 Å². The molecule has 2 N–H and O–H groups in total. The molecule has 0 saturated carbocycles. The number of thiazole rings is 1. The van der Waals surface area contributed by atoms with E-state index in [1.807, 2.05) is 18.6 Å². The minimum absolute atomic E-state index is 0.560. The summed E-state index contributed by atoms with van der Waals surface area (Å²) in [5.74, 6) is 1.81. The number of nitrogens with zero attached hydrogens (tertiary/aromatic N) is 4. The highest BCUT2D eigenvalue weighted by Gasteiger charge is 2.05. The van der Waals surface area contributed by atoms with Crippen molar-refractivity contribution in [2.45, 2.75) is 46.2 Å². The second-order valence-electron chi connectivity index (χ2n) is 6.86. The van der Waals surface area contributed by atoms with Gasteiger partial charge in [0.25, 0.3) is 0 Å². The third-order valence-corrected chi connectivity index (χ3v) is 5.50. The number of nitrogens with one attached hydrogen (secondary N) is 2. The number of benzene rings is 1. The Morgan fingerprint density at radius 1 is 1.14 bits per heavy atom. The SMILES string of the molecule is CCNC(=NCc1nccn1CCCc1ccccc1)NCCc1ncc(C)s1. The van der Waals surface area contributed by atoms with Crippen molar-refractivity contribution in [1.82, 2.24) is 25.2 Å².